The first-order valence-electron chi connectivity index (χ1n) is 5.86. The SMILES string of the molecule is CC(C)N(C)CCCNc1cc(N)cc(Cl)n1. The van der Waals surface area contributed by atoms with E-state index in [0.717, 1.165) is 25.3 Å². The maximum atomic E-state index is 5.82. The summed E-state index contributed by atoms with van der Waals surface area (Å²) in [4.78, 5) is 6.45. The van der Waals surface area contributed by atoms with Crippen LogP contribution in [0.15, 0.2) is 12.1 Å². The van der Waals surface area contributed by atoms with Gasteiger partial charge in [0.15, 0.2) is 0 Å². The molecule has 0 spiro atoms. The first-order chi connectivity index (χ1) is 7.99. The Kier molecular flexibility index (Phi) is 5.51. The largest absolute Gasteiger partial charge is 0.399 e. The number of nitrogen functional groups attached to an aromatic ring is 1. The van der Waals surface area contributed by atoms with Gasteiger partial charge in [0.05, 0.1) is 0 Å². The van der Waals surface area contributed by atoms with Gasteiger partial charge in [0.25, 0.3) is 0 Å². The molecule has 1 aromatic heterocycles. The second-order valence-electron chi connectivity index (χ2n) is 4.46. The Hall–Kier alpha value is -1.00. The summed E-state index contributed by atoms with van der Waals surface area (Å²) in [7, 11) is 2.13. The third-order valence-corrected chi connectivity index (χ3v) is 2.89. The Morgan fingerprint density at radius 3 is 2.76 bits per heavy atom. The third kappa shape index (κ3) is 5.24. The van der Waals surface area contributed by atoms with E-state index in [1.54, 1.807) is 12.1 Å². The number of rotatable bonds is 6. The number of nitrogens with zero attached hydrogens (tertiary/aromatic N) is 2. The van der Waals surface area contributed by atoms with E-state index in [1.165, 1.54) is 0 Å². The highest BCUT2D eigenvalue weighted by Crippen LogP contribution is 2.15. The number of nitrogens with one attached hydrogen (secondary N) is 1. The van der Waals surface area contributed by atoms with Gasteiger partial charge >= 0.3 is 0 Å². The minimum atomic E-state index is 0.423. The summed E-state index contributed by atoms with van der Waals surface area (Å²) in [6, 6.07) is 4.01. The predicted octanol–water partition coefficient (Wildman–Crippen LogP) is 2.46. The highest BCUT2D eigenvalue weighted by Gasteiger charge is 2.02. The monoisotopic (exact) mass is 256 g/mol. The highest BCUT2D eigenvalue weighted by atomic mass is 35.5. The van der Waals surface area contributed by atoms with E-state index in [4.69, 9.17) is 17.3 Å². The molecule has 4 nitrogen and oxygen atoms in total. The zero-order valence-corrected chi connectivity index (χ0v) is 11.5. The number of pyridine rings is 1. The Balaban J connectivity index is 2.31. The van der Waals surface area contributed by atoms with Gasteiger partial charge in [-0.15, -0.1) is 0 Å². The van der Waals surface area contributed by atoms with Gasteiger partial charge < -0.3 is 16.0 Å². The predicted molar refractivity (Wildman–Crippen MR) is 74.5 cm³/mol. The Bertz CT molecular complexity index is 334. The fourth-order valence-electron chi connectivity index (χ4n) is 1.41. The van der Waals surface area contributed by atoms with Crippen LogP contribution in [0.5, 0.6) is 0 Å². The second-order valence-corrected chi connectivity index (χ2v) is 4.85. The average Bonchev–Trinajstić information content (AvgIpc) is 2.22. The minimum Gasteiger partial charge on any atom is -0.399 e. The lowest BCUT2D eigenvalue weighted by Gasteiger charge is -2.20. The molecule has 0 atom stereocenters. The van der Waals surface area contributed by atoms with E-state index in [2.05, 4.69) is 36.1 Å². The van der Waals surface area contributed by atoms with Crippen LogP contribution in [0.1, 0.15) is 20.3 Å². The topological polar surface area (TPSA) is 54.2 Å². The molecule has 96 valence electrons. The van der Waals surface area contributed by atoms with Crippen molar-refractivity contribution in [1.82, 2.24) is 9.88 Å². The van der Waals surface area contributed by atoms with Crippen molar-refractivity contribution >= 4 is 23.1 Å². The van der Waals surface area contributed by atoms with E-state index in [0.29, 0.717) is 16.9 Å². The van der Waals surface area contributed by atoms with Crippen LogP contribution in [-0.2, 0) is 0 Å². The first kappa shape index (κ1) is 14.1. The second kappa shape index (κ2) is 6.67. The van der Waals surface area contributed by atoms with Gasteiger partial charge in [-0.1, -0.05) is 11.6 Å². The molecule has 3 N–H and O–H groups in total. The Morgan fingerprint density at radius 1 is 1.47 bits per heavy atom. The molecule has 0 aliphatic carbocycles. The number of hydrogen-bond donors (Lipinski definition) is 2. The summed E-state index contributed by atoms with van der Waals surface area (Å²) in [5, 5.41) is 3.64. The maximum Gasteiger partial charge on any atom is 0.133 e. The van der Waals surface area contributed by atoms with Crippen LogP contribution in [0, 0.1) is 0 Å². The molecule has 0 radical (unpaired) electrons. The zero-order chi connectivity index (χ0) is 12.8. The molecule has 0 fully saturated rings. The molecule has 1 rings (SSSR count). The van der Waals surface area contributed by atoms with Crippen molar-refractivity contribution in [3.63, 3.8) is 0 Å². The van der Waals surface area contributed by atoms with Crippen LogP contribution in [0.25, 0.3) is 0 Å². The Labute approximate surface area is 108 Å². The number of aromatic nitrogens is 1. The molecule has 0 bridgehead atoms. The molecular formula is C12H21ClN4. The molecule has 0 saturated carbocycles. The smallest absolute Gasteiger partial charge is 0.133 e. The highest BCUT2D eigenvalue weighted by molar-refractivity contribution is 6.29. The zero-order valence-electron chi connectivity index (χ0n) is 10.7. The molecule has 0 aromatic carbocycles. The van der Waals surface area contributed by atoms with Gasteiger partial charge in [0.1, 0.15) is 11.0 Å². The third-order valence-electron chi connectivity index (χ3n) is 2.69. The van der Waals surface area contributed by atoms with Crippen molar-refractivity contribution in [3.8, 4) is 0 Å². The molecule has 1 aromatic rings. The van der Waals surface area contributed by atoms with E-state index < -0.39 is 0 Å². The molecule has 0 unspecified atom stereocenters. The summed E-state index contributed by atoms with van der Waals surface area (Å²) in [6.45, 7) is 6.30. The van der Waals surface area contributed by atoms with Gasteiger partial charge in [-0.3, -0.25) is 0 Å². The van der Waals surface area contributed by atoms with Crippen LogP contribution in [-0.4, -0.2) is 36.1 Å². The number of anilines is 2. The lowest BCUT2D eigenvalue weighted by Crippen LogP contribution is -2.28. The molecular weight excluding hydrogens is 236 g/mol. The molecule has 5 heteroatoms. The van der Waals surface area contributed by atoms with E-state index in [-0.39, 0.29) is 0 Å². The summed E-state index contributed by atoms with van der Waals surface area (Å²) in [6.07, 6.45) is 1.06. The van der Waals surface area contributed by atoms with Crippen molar-refractivity contribution in [2.75, 3.05) is 31.2 Å². The van der Waals surface area contributed by atoms with Crippen LogP contribution >= 0.6 is 11.6 Å². The normalized spacial score (nSPS) is 11.2. The number of hydrogen-bond acceptors (Lipinski definition) is 4. The van der Waals surface area contributed by atoms with Crippen LogP contribution in [0.2, 0.25) is 5.15 Å². The summed E-state index contributed by atoms with van der Waals surface area (Å²) < 4.78 is 0. The summed E-state index contributed by atoms with van der Waals surface area (Å²) in [5.74, 6) is 0.738. The fourth-order valence-corrected chi connectivity index (χ4v) is 1.63. The number of halogens is 1. The van der Waals surface area contributed by atoms with E-state index in [1.807, 2.05) is 0 Å². The fraction of sp³-hybridized carbons (Fsp3) is 0.583. The lowest BCUT2D eigenvalue weighted by molar-refractivity contribution is 0.273. The van der Waals surface area contributed by atoms with Crippen molar-refractivity contribution in [2.45, 2.75) is 26.3 Å². The van der Waals surface area contributed by atoms with Gasteiger partial charge in [0.2, 0.25) is 0 Å². The van der Waals surface area contributed by atoms with E-state index >= 15 is 0 Å². The average molecular weight is 257 g/mol. The van der Waals surface area contributed by atoms with Gasteiger partial charge in [0, 0.05) is 24.3 Å². The van der Waals surface area contributed by atoms with E-state index in [9.17, 15) is 0 Å². The van der Waals surface area contributed by atoms with Crippen molar-refractivity contribution in [1.29, 1.82) is 0 Å². The standard InChI is InChI=1S/C12H21ClN4/c1-9(2)17(3)6-4-5-15-12-8-10(14)7-11(13)16-12/h7-9H,4-6H2,1-3H3,(H3,14,15,16). The quantitative estimate of drug-likeness (QED) is 0.607. The van der Waals surface area contributed by atoms with Crippen LogP contribution in [0.3, 0.4) is 0 Å². The van der Waals surface area contributed by atoms with Crippen LogP contribution in [0.4, 0.5) is 11.5 Å². The maximum absolute atomic E-state index is 5.82. The van der Waals surface area contributed by atoms with Crippen molar-refractivity contribution in [2.24, 2.45) is 0 Å². The van der Waals surface area contributed by atoms with Gasteiger partial charge in [-0.05, 0) is 39.9 Å². The summed E-state index contributed by atoms with van der Waals surface area (Å²) >= 11 is 5.82. The molecule has 1 heterocycles. The molecule has 0 aliphatic rings. The molecule has 0 amide bonds. The van der Waals surface area contributed by atoms with Gasteiger partial charge in [-0.2, -0.15) is 0 Å². The molecule has 0 aliphatic heterocycles. The lowest BCUT2D eigenvalue weighted by atomic mass is 10.3. The van der Waals surface area contributed by atoms with Crippen LogP contribution < -0.4 is 11.1 Å². The van der Waals surface area contributed by atoms with Gasteiger partial charge in [-0.25, -0.2) is 4.98 Å². The first-order valence-corrected chi connectivity index (χ1v) is 6.24. The van der Waals surface area contributed by atoms with Crippen molar-refractivity contribution < 1.29 is 0 Å². The summed E-state index contributed by atoms with van der Waals surface area (Å²) in [5.41, 5.74) is 6.31. The Morgan fingerprint density at radius 2 is 2.18 bits per heavy atom. The number of nitrogens with two attached hydrogens (primary N) is 1. The minimum absolute atomic E-state index is 0.423. The van der Waals surface area contributed by atoms with Crippen molar-refractivity contribution in [3.05, 3.63) is 17.3 Å². The molecule has 0 saturated heterocycles. The molecule has 17 heavy (non-hydrogen) atoms.